The first-order chi connectivity index (χ1) is 9.93. The van der Waals surface area contributed by atoms with E-state index >= 15 is 0 Å². The van der Waals surface area contributed by atoms with Crippen LogP contribution in [0.15, 0.2) is 24.8 Å². The molecule has 0 bridgehead atoms. The van der Waals surface area contributed by atoms with Crippen LogP contribution in [0.3, 0.4) is 0 Å². The van der Waals surface area contributed by atoms with Crippen molar-refractivity contribution in [3.8, 4) is 0 Å². The van der Waals surface area contributed by atoms with Crippen molar-refractivity contribution in [1.82, 2.24) is 0 Å². The summed E-state index contributed by atoms with van der Waals surface area (Å²) in [6.45, 7) is 25.4. The molecule has 0 aromatic heterocycles. The lowest BCUT2D eigenvalue weighted by molar-refractivity contribution is 0.133. The van der Waals surface area contributed by atoms with Gasteiger partial charge in [0.1, 0.15) is 0 Å². The van der Waals surface area contributed by atoms with Gasteiger partial charge in [-0.25, -0.2) is 0 Å². The number of allylic oxidation sites excluding steroid dienone is 2. The van der Waals surface area contributed by atoms with Crippen molar-refractivity contribution in [2.75, 3.05) is 6.61 Å². The normalized spacial score (nSPS) is 30.1. The van der Waals surface area contributed by atoms with E-state index in [1.165, 1.54) is 31.3 Å². The van der Waals surface area contributed by atoms with Gasteiger partial charge in [-0.3, -0.25) is 0 Å². The van der Waals surface area contributed by atoms with Crippen LogP contribution in [0.5, 0.6) is 0 Å². The lowest BCUT2D eigenvalue weighted by atomic mass is 9.62. The first-order valence-electron chi connectivity index (χ1n) is 8.86. The van der Waals surface area contributed by atoms with Crippen LogP contribution in [-0.4, -0.2) is 14.9 Å². The standard InChI is InChI=1S/C20H38OSi/c1-10-20(7)13-11-17(15-18(20)16(2)3)12-14-21-22(8,9)19(4,5)6/h10,17-18H,1-2,11-15H2,3-9H3/t17-,18-,20+/m1/s1. The highest BCUT2D eigenvalue weighted by Crippen LogP contribution is 2.48. The van der Waals surface area contributed by atoms with Crippen molar-refractivity contribution >= 4 is 8.32 Å². The summed E-state index contributed by atoms with van der Waals surface area (Å²) in [6, 6.07) is 0. The molecule has 1 saturated carbocycles. The second kappa shape index (κ2) is 7.05. The van der Waals surface area contributed by atoms with E-state index < -0.39 is 8.32 Å². The molecular formula is C20H38OSi. The Labute approximate surface area is 140 Å². The van der Waals surface area contributed by atoms with Crippen molar-refractivity contribution in [3.05, 3.63) is 24.8 Å². The predicted octanol–water partition coefficient (Wildman–Crippen LogP) is 6.58. The molecule has 22 heavy (non-hydrogen) atoms. The predicted molar refractivity (Wildman–Crippen MR) is 102 cm³/mol. The van der Waals surface area contributed by atoms with Crippen LogP contribution in [0.4, 0.5) is 0 Å². The van der Waals surface area contributed by atoms with E-state index in [2.05, 4.69) is 66.9 Å². The van der Waals surface area contributed by atoms with E-state index in [0.717, 1.165) is 12.5 Å². The monoisotopic (exact) mass is 322 g/mol. The smallest absolute Gasteiger partial charge is 0.191 e. The largest absolute Gasteiger partial charge is 0.417 e. The molecule has 1 rings (SSSR count). The molecule has 0 heterocycles. The summed E-state index contributed by atoms with van der Waals surface area (Å²) in [4.78, 5) is 0. The van der Waals surface area contributed by atoms with E-state index in [1.54, 1.807) is 0 Å². The third kappa shape index (κ3) is 4.58. The lowest BCUT2D eigenvalue weighted by Crippen LogP contribution is -2.41. The Kier molecular flexibility index (Phi) is 6.31. The van der Waals surface area contributed by atoms with E-state index in [4.69, 9.17) is 4.43 Å². The quantitative estimate of drug-likeness (QED) is 0.396. The van der Waals surface area contributed by atoms with E-state index in [9.17, 15) is 0 Å². The zero-order valence-electron chi connectivity index (χ0n) is 16.1. The van der Waals surface area contributed by atoms with Crippen molar-refractivity contribution in [1.29, 1.82) is 0 Å². The van der Waals surface area contributed by atoms with Gasteiger partial charge < -0.3 is 4.43 Å². The summed E-state index contributed by atoms with van der Waals surface area (Å²) in [5.41, 5.74) is 1.56. The van der Waals surface area contributed by atoms with Crippen LogP contribution in [0.25, 0.3) is 0 Å². The fraction of sp³-hybridized carbons (Fsp3) is 0.800. The van der Waals surface area contributed by atoms with Crippen LogP contribution < -0.4 is 0 Å². The van der Waals surface area contributed by atoms with Crippen LogP contribution in [0.1, 0.15) is 60.3 Å². The Morgan fingerprint density at radius 1 is 1.36 bits per heavy atom. The average Bonchev–Trinajstić information content (AvgIpc) is 2.39. The van der Waals surface area contributed by atoms with Gasteiger partial charge in [0, 0.05) is 6.61 Å². The Morgan fingerprint density at radius 2 is 1.95 bits per heavy atom. The molecule has 1 aliphatic carbocycles. The molecule has 128 valence electrons. The summed E-state index contributed by atoms with van der Waals surface area (Å²) in [5, 5.41) is 0.307. The second-order valence-corrected chi connectivity index (χ2v) is 14.0. The van der Waals surface area contributed by atoms with E-state index in [-0.39, 0.29) is 5.41 Å². The van der Waals surface area contributed by atoms with Gasteiger partial charge in [-0.05, 0) is 68.0 Å². The van der Waals surface area contributed by atoms with Gasteiger partial charge in [0.05, 0.1) is 0 Å². The van der Waals surface area contributed by atoms with Crippen molar-refractivity contribution in [3.63, 3.8) is 0 Å². The maximum Gasteiger partial charge on any atom is 0.191 e. The van der Waals surface area contributed by atoms with Gasteiger partial charge in [-0.2, -0.15) is 0 Å². The van der Waals surface area contributed by atoms with Crippen molar-refractivity contribution < 1.29 is 4.43 Å². The minimum absolute atomic E-state index is 0.239. The zero-order valence-corrected chi connectivity index (χ0v) is 17.1. The zero-order chi connectivity index (χ0) is 17.2. The molecule has 1 fully saturated rings. The van der Waals surface area contributed by atoms with Crippen molar-refractivity contribution in [2.45, 2.75) is 78.4 Å². The average molecular weight is 323 g/mol. The molecule has 0 aromatic rings. The molecule has 0 aromatic carbocycles. The molecule has 3 atom stereocenters. The summed E-state index contributed by atoms with van der Waals surface area (Å²) >= 11 is 0. The molecule has 0 unspecified atom stereocenters. The van der Waals surface area contributed by atoms with Gasteiger partial charge in [0.15, 0.2) is 8.32 Å². The van der Waals surface area contributed by atoms with Gasteiger partial charge in [-0.1, -0.05) is 45.9 Å². The first-order valence-corrected chi connectivity index (χ1v) is 11.8. The summed E-state index contributed by atoms with van der Waals surface area (Å²) < 4.78 is 6.37. The third-order valence-corrected chi connectivity index (χ3v) is 10.9. The van der Waals surface area contributed by atoms with Crippen LogP contribution in [0, 0.1) is 17.3 Å². The van der Waals surface area contributed by atoms with Crippen LogP contribution in [0.2, 0.25) is 18.1 Å². The number of hydrogen-bond acceptors (Lipinski definition) is 1. The van der Waals surface area contributed by atoms with Gasteiger partial charge in [-0.15, -0.1) is 6.58 Å². The van der Waals surface area contributed by atoms with Crippen LogP contribution in [-0.2, 0) is 4.43 Å². The molecule has 2 heteroatoms. The summed E-state index contributed by atoms with van der Waals surface area (Å²) in [7, 11) is -1.60. The molecule has 0 radical (unpaired) electrons. The summed E-state index contributed by atoms with van der Waals surface area (Å²) in [6.07, 6.45) is 7.14. The summed E-state index contributed by atoms with van der Waals surface area (Å²) in [5.74, 6) is 1.36. The minimum Gasteiger partial charge on any atom is -0.417 e. The van der Waals surface area contributed by atoms with E-state index in [1.807, 2.05) is 0 Å². The minimum atomic E-state index is -1.60. The van der Waals surface area contributed by atoms with E-state index in [0.29, 0.717) is 11.0 Å². The topological polar surface area (TPSA) is 9.23 Å². The SMILES string of the molecule is C=C[C@@]1(C)CC[C@H](CCO[Si](C)(C)C(C)(C)C)C[C@@H]1C(=C)C. The molecule has 0 N–H and O–H groups in total. The molecule has 0 spiro atoms. The lowest BCUT2D eigenvalue weighted by Gasteiger charge is -2.44. The van der Waals surface area contributed by atoms with Gasteiger partial charge in [0.2, 0.25) is 0 Å². The molecule has 0 aliphatic heterocycles. The Morgan fingerprint density at radius 3 is 2.41 bits per heavy atom. The maximum absolute atomic E-state index is 6.37. The highest BCUT2D eigenvalue weighted by atomic mass is 28.4. The first kappa shape index (κ1) is 19.7. The Hall–Kier alpha value is -0.343. The number of hydrogen-bond donors (Lipinski definition) is 0. The third-order valence-electron chi connectivity index (χ3n) is 6.31. The molecule has 0 saturated heterocycles. The maximum atomic E-state index is 6.37. The fourth-order valence-electron chi connectivity index (χ4n) is 3.38. The Balaban J connectivity index is 2.56. The second-order valence-electron chi connectivity index (χ2n) is 9.15. The van der Waals surface area contributed by atoms with Gasteiger partial charge in [0.25, 0.3) is 0 Å². The number of rotatable bonds is 6. The molecular weight excluding hydrogens is 284 g/mol. The molecule has 0 amide bonds. The van der Waals surface area contributed by atoms with Crippen molar-refractivity contribution in [2.24, 2.45) is 17.3 Å². The molecule has 1 nitrogen and oxygen atoms in total. The van der Waals surface area contributed by atoms with Gasteiger partial charge >= 0.3 is 0 Å². The van der Waals surface area contributed by atoms with Crippen LogP contribution >= 0.6 is 0 Å². The fourth-order valence-corrected chi connectivity index (χ4v) is 4.44. The molecule has 1 aliphatic rings. The Bertz CT molecular complexity index is 404. The highest BCUT2D eigenvalue weighted by molar-refractivity contribution is 6.74. The highest BCUT2D eigenvalue weighted by Gasteiger charge is 2.39.